The van der Waals surface area contributed by atoms with Gasteiger partial charge >= 0.3 is 0 Å². The maximum absolute atomic E-state index is 12.8. The number of nitrogens with one attached hydrogen (secondary N) is 2. The Morgan fingerprint density at radius 2 is 2.12 bits per heavy atom. The number of H-pyrrole nitrogens is 1. The predicted octanol–water partition coefficient (Wildman–Crippen LogP) is 3.08. The summed E-state index contributed by atoms with van der Waals surface area (Å²) in [6, 6.07) is 7.85. The van der Waals surface area contributed by atoms with Crippen molar-refractivity contribution in [3.63, 3.8) is 0 Å². The first-order valence-corrected chi connectivity index (χ1v) is 8.15. The number of benzene rings is 1. The van der Waals surface area contributed by atoms with Gasteiger partial charge in [0.2, 0.25) is 0 Å². The van der Waals surface area contributed by atoms with E-state index in [0.29, 0.717) is 17.2 Å². The van der Waals surface area contributed by atoms with Crippen molar-refractivity contribution in [1.82, 2.24) is 25.3 Å². The summed E-state index contributed by atoms with van der Waals surface area (Å²) in [5.74, 6) is 0.431. The van der Waals surface area contributed by atoms with E-state index in [1.807, 2.05) is 38.2 Å². The number of aromatic amines is 1. The van der Waals surface area contributed by atoms with Gasteiger partial charge in [0.05, 0.1) is 11.7 Å². The average molecular weight is 325 g/mol. The summed E-state index contributed by atoms with van der Waals surface area (Å²) in [5.41, 5.74) is 1.84. The number of rotatable bonds is 5. The standard InChI is InChI=1S/C18H23N5O/c1-12(2)11-23-9-8-13-14(6-5-7-15(13)23)17(24)20-18(3,4)16-10-19-22-21-16/h5-10,12H,11H2,1-4H3,(H,20,24)(H,19,21,22). The van der Waals surface area contributed by atoms with Crippen molar-refractivity contribution in [1.29, 1.82) is 0 Å². The fraction of sp³-hybridized carbons (Fsp3) is 0.389. The molecular weight excluding hydrogens is 302 g/mol. The molecule has 0 saturated heterocycles. The van der Waals surface area contributed by atoms with E-state index in [-0.39, 0.29) is 5.91 Å². The highest BCUT2D eigenvalue weighted by Gasteiger charge is 2.26. The van der Waals surface area contributed by atoms with Gasteiger partial charge < -0.3 is 9.88 Å². The number of hydrogen-bond acceptors (Lipinski definition) is 3. The molecule has 0 fully saturated rings. The Morgan fingerprint density at radius 1 is 1.33 bits per heavy atom. The van der Waals surface area contributed by atoms with Gasteiger partial charge in [0.25, 0.3) is 5.91 Å². The lowest BCUT2D eigenvalue weighted by Crippen LogP contribution is -2.41. The number of fused-ring (bicyclic) bond motifs is 1. The number of carbonyl (C=O) groups excluding carboxylic acids is 1. The molecule has 0 unspecified atom stereocenters. The highest BCUT2D eigenvalue weighted by Crippen LogP contribution is 2.23. The van der Waals surface area contributed by atoms with Crippen LogP contribution in [0.3, 0.4) is 0 Å². The SMILES string of the molecule is CC(C)Cn1ccc2c(C(=O)NC(C)(C)c3cn[nH]n3)cccc21. The average Bonchev–Trinajstić information content (AvgIpc) is 3.16. The smallest absolute Gasteiger partial charge is 0.252 e. The molecule has 6 heteroatoms. The van der Waals surface area contributed by atoms with Gasteiger partial charge in [-0.25, -0.2) is 0 Å². The van der Waals surface area contributed by atoms with Crippen molar-refractivity contribution in [2.45, 2.75) is 39.8 Å². The third-order valence-electron chi connectivity index (χ3n) is 4.10. The highest BCUT2D eigenvalue weighted by atomic mass is 16.1. The van der Waals surface area contributed by atoms with Gasteiger partial charge in [-0.15, -0.1) is 0 Å². The quantitative estimate of drug-likeness (QED) is 0.757. The van der Waals surface area contributed by atoms with Crippen LogP contribution >= 0.6 is 0 Å². The Balaban J connectivity index is 1.92. The maximum atomic E-state index is 12.8. The molecule has 0 aliphatic carbocycles. The summed E-state index contributed by atoms with van der Waals surface area (Å²) < 4.78 is 2.19. The van der Waals surface area contributed by atoms with Gasteiger partial charge in [0, 0.05) is 29.2 Å². The molecule has 2 N–H and O–H groups in total. The minimum absolute atomic E-state index is 0.115. The van der Waals surface area contributed by atoms with Crippen LogP contribution in [-0.2, 0) is 12.1 Å². The fourth-order valence-corrected chi connectivity index (χ4v) is 2.89. The summed E-state index contributed by atoms with van der Waals surface area (Å²) in [5, 5.41) is 14.5. The van der Waals surface area contributed by atoms with Crippen molar-refractivity contribution in [3.8, 4) is 0 Å². The minimum Gasteiger partial charge on any atom is -0.347 e. The second-order valence-electron chi connectivity index (χ2n) is 7.03. The Bertz CT molecular complexity index is 846. The maximum Gasteiger partial charge on any atom is 0.252 e. The Hall–Kier alpha value is -2.63. The second-order valence-corrected chi connectivity index (χ2v) is 7.03. The molecule has 0 bridgehead atoms. The van der Waals surface area contributed by atoms with E-state index >= 15 is 0 Å². The molecule has 2 aromatic heterocycles. The lowest BCUT2D eigenvalue weighted by molar-refractivity contribution is 0.0912. The molecule has 2 heterocycles. The lowest BCUT2D eigenvalue weighted by Gasteiger charge is -2.23. The van der Waals surface area contributed by atoms with E-state index < -0.39 is 5.54 Å². The van der Waals surface area contributed by atoms with Gasteiger partial charge in [-0.1, -0.05) is 19.9 Å². The van der Waals surface area contributed by atoms with E-state index in [1.165, 1.54) is 0 Å². The molecule has 0 atom stereocenters. The number of aromatic nitrogens is 4. The molecule has 3 rings (SSSR count). The first-order valence-electron chi connectivity index (χ1n) is 8.15. The largest absolute Gasteiger partial charge is 0.347 e. The second kappa shape index (κ2) is 6.11. The summed E-state index contributed by atoms with van der Waals surface area (Å²) in [6.45, 7) is 9.12. The number of hydrogen-bond donors (Lipinski definition) is 2. The van der Waals surface area contributed by atoms with Crippen molar-refractivity contribution < 1.29 is 4.79 Å². The lowest BCUT2D eigenvalue weighted by atomic mass is 10.00. The summed E-state index contributed by atoms with van der Waals surface area (Å²) in [7, 11) is 0. The molecule has 0 aliphatic heterocycles. The first-order chi connectivity index (χ1) is 11.4. The van der Waals surface area contributed by atoms with Gasteiger partial charge in [-0.05, 0) is 38.0 Å². The minimum atomic E-state index is -0.604. The zero-order chi connectivity index (χ0) is 17.3. The summed E-state index contributed by atoms with van der Waals surface area (Å²) >= 11 is 0. The molecule has 24 heavy (non-hydrogen) atoms. The highest BCUT2D eigenvalue weighted by molar-refractivity contribution is 6.06. The van der Waals surface area contributed by atoms with Crippen LogP contribution in [0.1, 0.15) is 43.7 Å². The number of carbonyl (C=O) groups is 1. The van der Waals surface area contributed by atoms with Gasteiger partial charge in [-0.2, -0.15) is 15.4 Å². The molecule has 6 nitrogen and oxygen atoms in total. The van der Waals surface area contributed by atoms with Crippen LogP contribution in [0.2, 0.25) is 0 Å². The van der Waals surface area contributed by atoms with Crippen LogP contribution in [0, 0.1) is 5.92 Å². The van der Waals surface area contributed by atoms with Gasteiger partial charge in [-0.3, -0.25) is 4.79 Å². The molecule has 126 valence electrons. The molecule has 3 aromatic rings. The molecule has 0 saturated carbocycles. The Kier molecular flexibility index (Phi) is 4.13. The van der Waals surface area contributed by atoms with E-state index in [2.05, 4.69) is 45.2 Å². The van der Waals surface area contributed by atoms with Crippen molar-refractivity contribution in [2.75, 3.05) is 0 Å². The zero-order valence-corrected chi connectivity index (χ0v) is 14.5. The zero-order valence-electron chi connectivity index (χ0n) is 14.5. The summed E-state index contributed by atoms with van der Waals surface area (Å²) in [6.07, 6.45) is 3.67. The van der Waals surface area contributed by atoms with Crippen LogP contribution in [0.15, 0.2) is 36.7 Å². The van der Waals surface area contributed by atoms with Crippen LogP contribution in [0.25, 0.3) is 10.9 Å². The summed E-state index contributed by atoms with van der Waals surface area (Å²) in [4.78, 5) is 12.8. The third-order valence-corrected chi connectivity index (χ3v) is 4.10. The van der Waals surface area contributed by atoms with Crippen LogP contribution in [-0.4, -0.2) is 25.9 Å². The number of nitrogens with zero attached hydrogens (tertiary/aromatic N) is 3. The van der Waals surface area contributed by atoms with Crippen molar-refractivity contribution in [3.05, 3.63) is 47.9 Å². The predicted molar refractivity (Wildman–Crippen MR) is 93.7 cm³/mol. The van der Waals surface area contributed by atoms with Gasteiger partial charge in [0.1, 0.15) is 5.69 Å². The normalized spacial score (nSPS) is 12.0. The number of amides is 1. The molecule has 0 aliphatic rings. The molecular formula is C18H23N5O. The van der Waals surface area contributed by atoms with Crippen molar-refractivity contribution in [2.24, 2.45) is 5.92 Å². The van der Waals surface area contributed by atoms with E-state index in [1.54, 1.807) is 6.20 Å². The molecule has 0 spiro atoms. The third kappa shape index (κ3) is 3.04. The van der Waals surface area contributed by atoms with E-state index in [4.69, 9.17) is 0 Å². The van der Waals surface area contributed by atoms with E-state index in [0.717, 1.165) is 17.4 Å². The topological polar surface area (TPSA) is 75.6 Å². The van der Waals surface area contributed by atoms with Crippen molar-refractivity contribution >= 4 is 16.8 Å². The fourth-order valence-electron chi connectivity index (χ4n) is 2.89. The van der Waals surface area contributed by atoms with Crippen LogP contribution in [0.4, 0.5) is 0 Å². The Morgan fingerprint density at radius 3 is 2.79 bits per heavy atom. The molecule has 1 aromatic carbocycles. The van der Waals surface area contributed by atoms with Crippen LogP contribution < -0.4 is 5.32 Å². The first kappa shape index (κ1) is 16.2. The van der Waals surface area contributed by atoms with Gasteiger partial charge in [0.15, 0.2) is 0 Å². The van der Waals surface area contributed by atoms with E-state index in [9.17, 15) is 4.79 Å². The monoisotopic (exact) mass is 325 g/mol. The Labute approximate surface area is 141 Å². The molecule has 1 amide bonds. The van der Waals surface area contributed by atoms with Crippen LogP contribution in [0.5, 0.6) is 0 Å². The molecule has 0 radical (unpaired) electrons.